The van der Waals surface area contributed by atoms with Crippen molar-refractivity contribution in [1.82, 2.24) is 0 Å². The molecule has 38 heavy (non-hydrogen) atoms. The molecule has 7 aromatic carbocycles. The quantitative estimate of drug-likeness (QED) is 0.237. The van der Waals surface area contributed by atoms with Crippen LogP contribution in [0.3, 0.4) is 0 Å². The van der Waals surface area contributed by atoms with Gasteiger partial charge < -0.3 is 0 Å². The molecule has 1 unspecified atom stereocenters. The second-order valence-electron chi connectivity index (χ2n) is 10.7. The average molecular weight is 483 g/mol. The highest BCUT2D eigenvalue weighted by atomic mass is 14.2. The lowest BCUT2D eigenvalue weighted by atomic mass is 9.85. The van der Waals surface area contributed by atoms with E-state index in [4.69, 9.17) is 0 Å². The van der Waals surface area contributed by atoms with Crippen molar-refractivity contribution in [2.45, 2.75) is 6.92 Å². The molecule has 0 radical (unpaired) electrons. The van der Waals surface area contributed by atoms with Crippen molar-refractivity contribution in [3.63, 3.8) is 0 Å². The van der Waals surface area contributed by atoms with Gasteiger partial charge in [0.25, 0.3) is 0 Å². The van der Waals surface area contributed by atoms with Crippen LogP contribution in [0.4, 0.5) is 0 Å². The molecule has 0 amide bonds. The normalized spacial score (nSPS) is 15.9. The molecule has 1 atom stereocenters. The van der Waals surface area contributed by atoms with E-state index < -0.39 is 0 Å². The number of hydrogen-bond acceptors (Lipinski definition) is 0. The van der Waals surface area contributed by atoms with E-state index in [1.54, 1.807) is 0 Å². The zero-order chi connectivity index (χ0) is 25.4. The van der Waals surface area contributed by atoms with Crippen LogP contribution in [0.25, 0.3) is 60.8 Å². The molecule has 1 aliphatic rings. The van der Waals surface area contributed by atoms with Crippen LogP contribution < -0.4 is 10.4 Å². The smallest absolute Gasteiger partial charge is 0.0205 e. The lowest BCUT2D eigenvalue weighted by Gasteiger charge is -2.19. The zero-order valence-corrected chi connectivity index (χ0v) is 21.3. The third-order valence-electron chi connectivity index (χ3n) is 8.47. The number of aryl methyl sites for hydroxylation is 1. The van der Waals surface area contributed by atoms with Crippen molar-refractivity contribution in [1.29, 1.82) is 0 Å². The maximum Gasteiger partial charge on any atom is 0.0205 e. The zero-order valence-electron chi connectivity index (χ0n) is 21.3. The standard InChI is InChI=1S/C38H26/c1-23-19-29(17-15-27(23)21-35-31-11-3-7-25-8-4-12-32(35)37(25)31)30-18-16-28(24(2)20-30)22-36-33-13-5-9-26-10-6-14-34(36)38(26)33/h3-22,27H,1H2,2H3. The Bertz CT molecular complexity index is 2110. The lowest BCUT2D eigenvalue weighted by molar-refractivity contribution is 1.06. The van der Waals surface area contributed by atoms with Gasteiger partial charge in [-0.05, 0) is 94.4 Å². The molecule has 0 heterocycles. The number of allylic oxidation sites excluding steroid dienone is 5. The Labute approximate surface area is 221 Å². The van der Waals surface area contributed by atoms with Gasteiger partial charge in [0, 0.05) is 5.92 Å². The van der Waals surface area contributed by atoms with E-state index in [-0.39, 0.29) is 5.92 Å². The molecule has 0 aliphatic heterocycles. The molecule has 0 spiro atoms. The summed E-state index contributed by atoms with van der Waals surface area (Å²) in [5, 5.41) is 13.6. The van der Waals surface area contributed by atoms with E-state index in [1.165, 1.54) is 75.8 Å². The first-order chi connectivity index (χ1) is 18.7. The molecule has 7 aromatic rings. The van der Waals surface area contributed by atoms with E-state index in [0.717, 1.165) is 5.57 Å². The highest BCUT2D eigenvalue weighted by Crippen LogP contribution is 2.32. The second-order valence-corrected chi connectivity index (χ2v) is 10.7. The summed E-state index contributed by atoms with van der Waals surface area (Å²) in [6.07, 6.45) is 11.5. The third-order valence-corrected chi connectivity index (χ3v) is 8.47. The summed E-state index contributed by atoms with van der Waals surface area (Å²) in [6, 6.07) is 33.2. The summed E-state index contributed by atoms with van der Waals surface area (Å²) in [7, 11) is 0. The van der Waals surface area contributed by atoms with Crippen molar-refractivity contribution < 1.29 is 0 Å². The Kier molecular flexibility index (Phi) is 4.46. The molecular weight excluding hydrogens is 456 g/mol. The van der Waals surface area contributed by atoms with Gasteiger partial charge in [0.2, 0.25) is 0 Å². The minimum absolute atomic E-state index is 0.212. The monoisotopic (exact) mass is 482 g/mol. The van der Waals surface area contributed by atoms with Crippen molar-refractivity contribution in [2.24, 2.45) is 5.92 Å². The predicted molar refractivity (Wildman–Crippen MR) is 165 cm³/mol. The van der Waals surface area contributed by atoms with E-state index in [0.29, 0.717) is 0 Å². The van der Waals surface area contributed by atoms with Crippen LogP contribution in [-0.4, -0.2) is 0 Å². The maximum absolute atomic E-state index is 4.44. The van der Waals surface area contributed by atoms with Crippen molar-refractivity contribution in [3.05, 3.63) is 149 Å². The Morgan fingerprint density at radius 3 is 1.82 bits per heavy atom. The van der Waals surface area contributed by atoms with Crippen LogP contribution in [0.1, 0.15) is 16.7 Å². The lowest BCUT2D eigenvalue weighted by Crippen LogP contribution is -2.14. The van der Waals surface area contributed by atoms with Gasteiger partial charge in [-0.2, -0.15) is 0 Å². The van der Waals surface area contributed by atoms with Crippen LogP contribution in [0.15, 0.2) is 121 Å². The van der Waals surface area contributed by atoms with Crippen molar-refractivity contribution in [2.75, 3.05) is 0 Å². The van der Waals surface area contributed by atoms with Crippen LogP contribution in [0.5, 0.6) is 0 Å². The largest absolute Gasteiger partial charge is 0.0949 e. The topological polar surface area (TPSA) is 0 Å². The molecule has 0 nitrogen and oxygen atoms in total. The molecule has 178 valence electrons. The first-order valence-electron chi connectivity index (χ1n) is 13.3. The van der Waals surface area contributed by atoms with E-state index in [2.05, 4.69) is 135 Å². The Morgan fingerprint density at radius 2 is 1.26 bits per heavy atom. The summed E-state index contributed by atoms with van der Waals surface area (Å²) < 4.78 is 0. The van der Waals surface area contributed by atoms with Gasteiger partial charge in [0.15, 0.2) is 0 Å². The fraction of sp³-hybridized carbons (Fsp3) is 0.0526. The minimum atomic E-state index is 0.212. The molecular formula is C38H26. The van der Waals surface area contributed by atoms with Crippen LogP contribution in [0.2, 0.25) is 0 Å². The van der Waals surface area contributed by atoms with Gasteiger partial charge in [-0.15, -0.1) is 0 Å². The Morgan fingerprint density at radius 1 is 0.684 bits per heavy atom. The summed E-state index contributed by atoms with van der Waals surface area (Å²) in [5.41, 5.74) is 6.16. The summed E-state index contributed by atoms with van der Waals surface area (Å²) in [4.78, 5) is 0. The third kappa shape index (κ3) is 3.04. The number of rotatable bonds is 3. The molecule has 0 N–H and O–H groups in total. The molecule has 0 bridgehead atoms. The van der Waals surface area contributed by atoms with E-state index in [1.807, 2.05) is 0 Å². The van der Waals surface area contributed by atoms with Gasteiger partial charge in [0.1, 0.15) is 0 Å². The Hall–Kier alpha value is -4.68. The first-order valence-corrected chi connectivity index (χ1v) is 13.3. The summed E-state index contributed by atoms with van der Waals surface area (Å²) in [6.45, 7) is 6.66. The molecule has 1 aliphatic carbocycles. The number of hydrogen-bond donors (Lipinski definition) is 0. The van der Waals surface area contributed by atoms with Gasteiger partial charge in [-0.1, -0.05) is 122 Å². The average Bonchev–Trinajstić information content (AvgIpc) is 2.94. The fourth-order valence-corrected chi connectivity index (χ4v) is 6.45. The maximum atomic E-state index is 4.44. The highest BCUT2D eigenvalue weighted by Gasteiger charge is 2.16. The molecule has 0 saturated heterocycles. The summed E-state index contributed by atoms with van der Waals surface area (Å²) in [5.74, 6) is 0.212. The minimum Gasteiger partial charge on any atom is -0.0949 e. The highest BCUT2D eigenvalue weighted by molar-refractivity contribution is 6.18. The first kappa shape index (κ1) is 21.4. The fourth-order valence-electron chi connectivity index (χ4n) is 6.45. The second kappa shape index (κ2) is 7.91. The van der Waals surface area contributed by atoms with E-state index >= 15 is 0 Å². The predicted octanol–water partition coefficient (Wildman–Crippen LogP) is 8.36. The molecule has 8 rings (SSSR count). The SMILES string of the molecule is C=C1C=C(c2ccc(C=c3c4cccc5cccc3c54)c(C)c2)C=CC1C=c1c2cccc3cccc1c32. The molecule has 0 heteroatoms. The summed E-state index contributed by atoms with van der Waals surface area (Å²) >= 11 is 0. The van der Waals surface area contributed by atoms with Gasteiger partial charge in [-0.25, -0.2) is 0 Å². The van der Waals surface area contributed by atoms with Gasteiger partial charge in [-0.3, -0.25) is 0 Å². The van der Waals surface area contributed by atoms with Crippen LogP contribution in [0, 0.1) is 12.8 Å². The molecule has 0 aromatic heterocycles. The van der Waals surface area contributed by atoms with Gasteiger partial charge >= 0.3 is 0 Å². The van der Waals surface area contributed by atoms with Crippen molar-refractivity contribution in [3.8, 4) is 0 Å². The molecule has 0 fully saturated rings. The Balaban J connectivity index is 1.11. The number of benzene rings is 5. The molecule has 0 saturated carbocycles. The van der Waals surface area contributed by atoms with Crippen LogP contribution in [-0.2, 0) is 0 Å². The van der Waals surface area contributed by atoms with Gasteiger partial charge in [0.05, 0.1) is 0 Å². The van der Waals surface area contributed by atoms with Crippen LogP contribution >= 0.6 is 0 Å². The van der Waals surface area contributed by atoms with Crippen molar-refractivity contribution >= 4 is 60.8 Å². The van der Waals surface area contributed by atoms with E-state index in [9.17, 15) is 0 Å².